The van der Waals surface area contributed by atoms with Gasteiger partial charge in [-0.1, -0.05) is 42.5 Å². The number of para-hydroxylation sites is 1. The Morgan fingerprint density at radius 2 is 1.90 bits per heavy atom. The van der Waals surface area contributed by atoms with E-state index in [0.717, 1.165) is 18.0 Å². The summed E-state index contributed by atoms with van der Waals surface area (Å²) in [5.41, 5.74) is 2.61. The molecule has 0 amide bonds. The van der Waals surface area contributed by atoms with Gasteiger partial charge in [0.05, 0.1) is 0 Å². The lowest BCUT2D eigenvalue weighted by molar-refractivity contribution is 0.173. The molecule has 20 heavy (non-hydrogen) atoms. The molecule has 1 aliphatic heterocycles. The van der Waals surface area contributed by atoms with Crippen molar-refractivity contribution >= 4 is 0 Å². The zero-order valence-electron chi connectivity index (χ0n) is 11.2. The molecule has 3 heteroatoms. The maximum Gasteiger partial charge on any atom is 0.231 e. The van der Waals surface area contributed by atoms with Crippen LogP contribution in [0.15, 0.2) is 48.5 Å². The second kappa shape index (κ2) is 4.84. The molecule has 102 valence electrons. The Labute approximate surface area is 118 Å². The minimum atomic E-state index is 0.336. The molecule has 2 aliphatic rings. The molecule has 2 aromatic rings. The van der Waals surface area contributed by atoms with Gasteiger partial charge in [0.1, 0.15) is 0 Å². The van der Waals surface area contributed by atoms with Crippen molar-refractivity contribution in [1.29, 1.82) is 0 Å². The van der Waals surface area contributed by atoms with Crippen LogP contribution in [0.25, 0.3) is 0 Å². The number of hydrogen-bond acceptors (Lipinski definition) is 3. The first-order chi connectivity index (χ1) is 9.92. The van der Waals surface area contributed by atoms with Crippen LogP contribution in [0.3, 0.4) is 0 Å². The predicted octanol–water partition coefficient (Wildman–Crippen LogP) is 3.06. The quantitative estimate of drug-likeness (QED) is 0.923. The molecule has 0 spiro atoms. The normalized spacial score (nSPS) is 22.8. The van der Waals surface area contributed by atoms with Crippen LogP contribution >= 0.6 is 0 Å². The van der Waals surface area contributed by atoms with Crippen molar-refractivity contribution in [2.45, 2.75) is 24.9 Å². The third-order valence-electron chi connectivity index (χ3n) is 4.05. The highest BCUT2D eigenvalue weighted by Gasteiger charge is 2.37. The lowest BCUT2D eigenvalue weighted by Gasteiger charge is -2.07. The molecule has 0 radical (unpaired) electrons. The highest BCUT2D eigenvalue weighted by atomic mass is 16.7. The first-order valence-electron chi connectivity index (χ1n) is 7.07. The van der Waals surface area contributed by atoms with Crippen LogP contribution in [0.1, 0.15) is 23.5 Å². The Balaban J connectivity index is 1.40. The van der Waals surface area contributed by atoms with Gasteiger partial charge in [-0.2, -0.15) is 0 Å². The van der Waals surface area contributed by atoms with Crippen molar-refractivity contribution in [3.05, 3.63) is 59.7 Å². The lowest BCUT2D eigenvalue weighted by atomic mass is 10.1. The molecule has 0 aromatic heterocycles. The minimum absolute atomic E-state index is 0.336. The van der Waals surface area contributed by atoms with Crippen LogP contribution in [-0.2, 0) is 6.54 Å². The Hall–Kier alpha value is -2.00. The number of rotatable bonds is 4. The van der Waals surface area contributed by atoms with Gasteiger partial charge >= 0.3 is 0 Å². The fourth-order valence-electron chi connectivity index (χ4n) is 2.86. The number of fused-ring (bicyclic) bond motifs is 1. The van der Waals surface area contributed by atoms with E-state index in [0.29, 0.717) is 18.8 Å². The van der Waals surface area contributed by atoms with E-state index in [4.69, 9.17) is 9.47 Å². The van der Waals surface area contributed by atoms with E-state index in [-0.39, 0.29) is 0 Å². The van der Waals surface area contributed by atoms with Crippen LogP contribution in [0.2, 0.25) is 0 Å². The monoisotopic (exact) mass is 267 g/mol. The van der Waals surface area contributed by atoms with Crippen LogP contribution < -0.4 is 14.8 Å². The van der Waals surface area contributed by atoms with Gasteiger partial charge in [0.25, 0.3) is 0 Å². The number of benzene rings is 2. The highest BCUT2D eigenvalue weighted by Crippen LogP contribution is 2.41. The molecule has 1 heterocycles. The zero-order valence-corrected chi connectivity index (χ0v) is 11.2. The van der Waals surface area contributed by atoms with Crippen molar-refractivity contribution in [1.82, 2.24) is 5.32 Å². The summed E-state index contributed by atoms with van der Waals surface area (Å²) in [6.07, 6.45) is 1.22. The molecule has 1 saturated carbocycles. The smallest absolute Gasteiger partial charge is 0.231 e. The van der Waals surface area contributed by atoms with Crippen LogP contribution in [0.4, 0.5) is 0 Å². The Morgan fingerprint density at radius 3 is 2.80 bits per heavy atom. The van der Waals surface area contributed by atoms with E-state index in [1.165, 1.54) is 17.5 Å². The van der Waals surface area contributed by atoms with Gasteiger partial charge in [-0.25, -0.2) is 0 Å². The number of hydrogen-bond donors (Lipinski definition) is 1. The molecule has 2 unspecified atom stereocenters. The first-order valence-corrected chi connectivity index (χ1v) is 7.07. The van der Waals surface area contributed by atoms with Gasteiger partial charge in [-0.3, -0.25) is 0 Å². The molecule has 4 rings (SSSR count). The summed E-state index contributed by atoms with van der Waals surface area (Å²) in [6.45, 7) is 1.17. The summed E-state index contributed by atoms with van der Waals surface area (Å²) >= 11 is 0. The Morgan fingerprint density at radius 1 is 1.00 bits per heavy atom. The Bertz CT molecular complexity index is 612. The summed E-state index contributed by atoms with van der Waals surface area (Å²) in [6, 6.07) is 17.4. The molecular formula is C17H17NO2. The third-order valence-corrected chi connectivity index (χ3v) is 4.05. The van der Waals surface area contributed by atoms with Crippen LogP contribution in [0.5, 0.6) is 11.5 Å². The summed E-state index contributed by atoms with van der Waals surface area (Å²) in [4.78, 5) is 0. The second-order valence-corrected chi connectivity index (χ2v) is 5.39. The highest BCUT2D eigenvalue weighted by molar-refractivity contribution is 5.48. The van der Waals surface area contributed by atoms with E-state index in [9.17, 15) is 0 Å². The molecular weight excluding hydrogens is 250 g/mol. The molecule has 0 saturated heterocycles. The topological polar surface area (TPSA) is 30.5 Å². The maximum atomic E-state index is 5.53. The van der Waals surface area contributed by atoms with Crippen molar-refractivity contribution in [2.75, 3.05) is 6.79 Å². The first kappa shape index (κ1) is 11.8. The van der Waals surface area contributed by atoms with Crippen molar-refractivity contribution < 1.29 is 9.47 Å². The van der Waals surface area contributed by atoms with Gasteiger partial charge in [0.15, 0.2) is 11.5 Å². The average molecular weight is 267 g/mol. The van der Waals surface area contributed by atoms with Gasteiger partial charge in [0.2, 0.25) is 6.79 Å². The van der Waals surface area contributed by atoms with E-state index in [2.05, 4.69) is 41.7 Å². The Kier molecular flexibility index (Phi) is 2.85. The number of ether oxygens (including phenoxy) is 2. The van der Waals surface area contributed by atoms with Crippen LogP contribution in [-0.4, -0.2) is 12.8 Å². The summed E-state index contributed by atoms with van der Waals surface area (Å²) in [5.74, 6) is 2.42. The molecule has 1 N–H and O–H groups in total. The van der Waals surface area contributed by atoms with Gasteiger partial charge in [-0.15, -0.1) is 0 Å². The molecule has 1 fully saturated rings. The average Bonchev–Trinajstić information content (AvgIpc) is 3.12. The fraction of sp³-hybridized carbons (Fsp3) is 0.294. The largest absolute Gasteiger partial charge is 0.454 e. The summed E-state index contributed by atoms with van der Waals surface area (Å²) in [7, 11) is 0. The molecule has 2 atom stereocenters. The zero-order chi connectivity index (χ0) is 13.4. The van der Waals surface area contributed by atoms with E-state index >= 15 is 0 Å². The maximum absolute atomic E-state index is 5.53. The fourth-order valence-corrected chi connectivity index (χ4v) is 2.86. The molecule has 0 bridgehead atoms. The summed E-state index contributed by atoms with van der Waals surface area (Å²) < 4.78 is 10.9. The van der Waals surface area contributed by atoms with Crippen molar-refractivity contribution in [3.63, 3.8) is 0 Å². The molecule has 2 aromatic carbocycles. The van der Waals surface area contributed by atoms with Crippen LogP contribution in [0, 0.1) is 0 Å². The van der Waals surface area contributed by atoms with Gasteiger partial charge in [0, 0.05) is 24.1 Å². The minimum Gasteiger partial charge on any atom is -0.454 e. The summed E-state index contributed by atoms with van der Waals surface area (Å²) in [5, 5.41) is 3.62. The van der Waals surface area contributed by atoms with Crippen molar-refractivity contribution in [3.8, 4) is 11.5 Å². The van der Waals surface area contributed by atoms with E-state index in [1.54, 1.807) is 0 Å². The third kappa shape index (κ3) is 2.14. The molecule has 3 nitrogen and oxygen atoms in total. The SMILES string of the molecule is c1ccc(C2CC2NCc2cccc3c2OCO3)cc1. The van der Waals surface area contributed by atoms with Gasteiger partial charge < -0.3 is 14.8 Å². The predicted molar refractivity (Wildman–Crippen MR) is 77.0 cm³/mol. The van der Waals surface area contributed by atoms with Crippen molar-refractivity contribution in [2.24, 2.45) is 0 Å². The number of nitrogens with one attached hydrogen (secondary N) is 1. The lowest BCUT2D eigenvalue weighted by Crippen LogP contribution is -2.17. The standard InChI is InChI=1S/C17H17NO2/c1-2-5-12(6-3-1)14-9-15(14)18-10-13-7-4-8-16-17(13)20-11-19-16/h1-8,14-15,18H,9-11H2. The van der Waals surface area contributed by atoms with Gasteiger partial charge in [-0.05, 0) is 18.1 Å². The second-order valence-electron chi connectivity index (χ2n) is 5.39. The molecule has 1 aliphatic carbocycles. The van der Waals surface area contributed by atoms with E-state index < -0.39 is 0 Å². The van der Waals surface area contributed by atoms with E-state index in [1.807, 2.05) is 12.1 Å².